The van der Waals surface area contributed by atoms with Gasteiger partial charge in [0.1, 0.15) is 0 Å². The topological polar surface area (TPSA) is 99.6 Å². The summed E-state index contributed by atoms with van der Waals surface area (Å²) >= 11 is 0. The van der Waals surface area contributed by atoms with Gasteiger partial charge in [-0.05, 0) is 42.3 Å². The Morgan fingerprint density at radius 3 is 2.64 bits per heavy atom. The Hall–Kier alpha value is -2.29. The van der Waals surface area contributed by atoms with Crippen LogP contribution in [0.3, 0.4) is 0 Å². The number of benzene rings is 1. The number of aliphatic hydroxyl groups is 1. The van der Waals surface area contributed by atoms with Crippen LogP contribution in [0.4, 0.5) is 0 Å². The molecule has 1 aliphatic heterocycles. The molecular weight excluding hydrogens is 342 g/mol. The molecule has 1 atom stereocenters. The molecule has 3 rings (SSSR count). The second kappa shape index (κ2) is 7.30. The van der Waals surface area contributed by atoms with E-state index in [0.29, 0.717) is 25.1 Å². The summed E-state index contributed by atoms with van der Waals surface area (Å²) in [5.74, 6) is -0.205. The number of β-amino-alcohol motifs (C(OH)–C–C–N with tert-alkyl or cyclic N) is 1. The van der Waals surface area contributed by atoms with Crippen LogP contribution >= 0.6 is 0 Å². The number of pyridine rings is 1. The minimum atomic E-state index is -3.67. The average Bonchev–Trinajstić information content (AvgIpc) is 3.07. The van der Waals surface area contributed by atoms with E-state index in [1.165, 1.54) is 24.3 Å². The number of carbonyl (C=O) groups excluding carboxylic acids is 1. The number of aliphatic hydroxyl groups excluding tert-OH is 1. The Bertz CT molecular complexity index is 838. The zero-order valence-electron chi connectivity index (χ0n) is 13.5. The lowest BCUT2D eigenvalue weighted by atomic mass is 10.2. The Balaban J connectivity index is 1.67. The third-order valence-electron chi connectivity index (χ3n) is 4.05. The van der Waals surface area contributed by atoms with E-state index < -0.39 is 16.1 Å². The van der Waals surface area contributed by atoms with E-state index in [1.54, 1.807) is 29.4 Å². The predicted octanol–water partition coefficient (Wildman–Crippen LogP) is 0.767. The van der Waals surface area contributed by atoms with Crippen LogP contribution in [0.15, 0.2) is 53.7 Å². The summed E-state index contributed by atoms with van der Waals surface area (Å²) < 4.78 is 27.2. The smallest absolute Gasteiger partial charge is 0.253 e. The quantitative estimate of drug-likeness (QED) is 0.819. The van der Waals surface area contributed by atoms with E-state index in [2.05, 4.69) is 9.71 Å². The van der Waals surface area contributed by atoms with Gasteiger partial charge in [0.05, 0.1) is 11.0 Å². The van der Waals surface area contributed by atoms with Crippen molar-refractivity contribution in [1.82, 2.24) is 14.6 Å². The monoisotopic (exact) mass is 361 g/mol. The van der Waals surface area contributed by atoms with Crippen molar-refractivity contribution < 1.29 is 18.3 Å². The molecule has 0 saturated carbocycles. The molecule has 1 aromatic heterocycles. The number of hydrogen-bond donors (Lipinski definition) is 2. The van der Waals surface area contributed by atoms with Crippen molar-refractivity contribution in [3.8, 4) is 0 Å². The van der Waals surface area contributed by atoms with Gasteiger partial charge < -0.3 is 10.0 Å². The van der Waals surface area contributed by atoms with Crippen molar-refractivity contribution in [2.75, 3.05) is 13.1 Å². The largest absolute Gasteiger partial charge is 0.391 e. The lowest BCUT2D eigenvalue weighted by Crippen LogP contribution is -2.29. The zero-order chi connectivity index (χ0) is 17.9. The van der Waals surface area contributed by atoms with Crippen molar-refractivity contribution in [2.45, 2.75) is 24.0 Å². The molecule has 2 heterocycles. The number of likely N-dealkylation sites (tertiary alicyclic amines) is 1. The Labute approximate surface area is 146 Å². The van der Waals surface area contributed by atoms with Crippen LogP contribution in [-0.2, 0) is 16.6 Å². The molecule has 0 aliphatic carbocycles. The number of hydrogen-bond acceptors (Lipinski definition) is 5. The number of rotatable bonds is 5. The van der Waals surface area contributed by atoms with Crippen LogP contribution in [0.2, 0.25) is 0 Å². The summed E-state index contributed by atoms with van der Waals surface area (Å²) in [7, 11) is -3.67. The average molecular weight is 361 g/mol. The summed E-state index contributed by atoms with van der Waals surface area (Å²) in [5, 5.41) is 9.51. The van der Waals surface area contributed by atoms with Gasteiger partial charge in [0.25, 0.3) is 5.91 Å². The van der Waals surface area contributed by atoms with Gasteiger partial charge in [-0.1, -0.05) is 6.07 Å². The van der Waals surface area contributed by atoms with Gasteiger partial charge in [0.2, 0.25) is 10.0 Å². The van der Waals surface area contributed by atoms with Crippen molar-refractivity contribution >= 4 is 15.9 Å². The van der Waals surface area contributed by atoms with Gasteiger partial charge >= 0.3 is 0 Å². The maximum atomic E-state index is 12.3. The van der Waals surface area contributed by atoms with Crippen LogP contribution in [0.1, 0.15) is 22.3 Å². The molecule has 0 spiro atoms. The Morgan fingerprint density at radius 1 is 1.28 bits per heavy atom. The van der Waals surface area contributed by atoms with E-state index in [-0.39, 0.29) is 17.3 Å². The summed E-state index contributed by atoms with van der Waals surface area (Å²) in [6, 6.07) is 9.31. The first-order chi connectivity index (χ1) is 12.0. The van der Waals surface area contributed by atoms with Gasteiger partial charge in [-0.15, -0.1) is 0 Å². The van der Waals surface area contributed by atoms with Crippen LogP contribution in [0, 0.1) is 0 Å². The van der Waals surface area contributed by atoms with Crippen LogP contribution in [-0.4, -0.2) is 48.5 Å². The first kappa shape index (κ1) is 17.5. The normalized spacial score (nSPS) is 17.6. The third-order valence-corrected chi connectivity index (χ3v) is 5.47. The SMILES string of the molecule is O=C(c1ccc(S(=O)(=O)NCc2cccnc2)cc1)N1CC[C@H](O)C1. The van der Waals surface area contributed by atoms with E-state index in [4.69, 9.17) is 0 Å². The molecule has 8 heteroatoms. The van der Waals surface area contributed by atoms with Gasteiger partial charge in [-0.25, -0.2) is 13.1 Å². The highest BCUT2D eigenvalue weighted by molar-refractivity contribution is 7.89. The summed E-state index contributed by atoms with van der Waals surface area (Å²) in [6.45, 7) is 0.959. The van der Waals surface area contributed by atoms with E-state index in [0.717, 1.165) is 5.56 Å². The molecule has 1 fully saturated rings. The van der Waals surface area contributed by atoms with Crippen molar-refractivity contribution in [3.63, 3.8) is 0 Å². The fourth-order valence-corrected chi connectivity index (χ4v) is 3.67. The van der Waals surface area contributed by atoms with Gasteiger partial charge in [0, 0.05) is 37.6 Å². The minimum absolute atomic E-state index is 0.0920. The number of carbonyl (C=O) groups is 1. The standard InChI is InChI=1S/C17H19N3O4S/c21-15-7-9-20(12-15)17(22)14-3-5-16(6-4-14)25(23,24)19-11-13-2-1-8-18-10-13/h1-6,8,10,15,19,21H,7,9,11-12H2/t15-/m0/s1. The summed E-state index contributed by atoms with van der Waals surface area (Å²) in [4.78, 5) is 17.9. The molecule has 1 amide bonds. The lowest BCUT2D eigenvalue weighted by Gasteiger charge is -2.15. The fraction of sp³-hybridized carbons (Fsp3) is 0.294. The lowest BCUT2D eigenvalue weighted by molar-refractivity contribution is 0.0765. The van der Waals surface area contributed by atoms with Crippen molar-refractivity contribution in [1.29, 1.82) is 0 Å². The fourth-order valence-electron chi connectivity index (χ4n) is 2.65. The van der Waals surface area contributed by atoms with Crippen molar-refractivity contribution in [3.05, 3.63) is 59.9 Å². The Kier molecular flexibility index (Phi) is 5.12. The molecule has 2 N–H and O–H groups in total. The molecule has 1 aromatic carbocycles. The summed E-state index contributed by atoms with van der Waals surface area (Å²) in [6.07, 6.45) is 3.29. The number of sulfonamides is 1. The van der Waals surface area contributed by atoms with Crippen LogP contribution in [0.25, 0.3) is 0 Å². The Morgan fingerprint density at radius 2 is 2.04 bits per heavy atom. The van der Waals surface area contributed by atoms with E-state index in [9.17, 15) is 18.3 Å². The molecule has 0 unspecified atom stereocenters. The molecule has 2 aromatic rings. The first-order valence-corrected chi connectivity index (χ1v) is 9.40. The zero-order valence-corrected chi connectivity index (χ0v) is 14.3. The maximum Gasteiger partial charge on any atom is 0.253 e. The number of amides is 1. The maximum absolute atomic E-state index is 12.3. The van der Waals surface area contributed by atoms with Crippen LogP contribution < -0.4 is 4.72 Å². The van der Waals surface area contributed by atoms with E-state index >= 15 is 0 Å². The summed E-state index contributed by atoms with van der Waals surface area (Å²) in [5.41, 5.74) is 1.16. The highest BCUT2D eigenvalue weighted by atomic mass is 32.2. The highest BCUT2D eigenvalue weighted by Crippen LogP contribution is 2.16. The molecule has 1 aliphatic rings. The number of nitrogens with zero attached hydrogens (tertiary/aromatic N) is 2. The second-order valence-electron chi connectivity index (χ2n) is 5.90. The van der Waals surface area contributed by atoms with Gasteiger partial charge in [0.15, 0.2) is 0 Å². The number of nitrogens with one attached hydrogen (secondary N) is 1. The van der Waals surface area contributed by atoms with E-state index in [1.807, 2.05) is 0 Å². The molecule has 25 heavy (non-hydrogen) atoms. The molecule has 7 nitrogen and oxygen atoms in total. The van der Waals surface area contributed by atoms with Crippen molar-refractivity contribution in [2.24, 2.45) is 0 Å². The highest BCUT2D eigenvalue weighted by Gasteiger charge is 2.25. The third kappa shape index (κ3) is 4.22. The minimum Gasteiger partial charge on any atom is -0.391 e. The molecular formula is C17H19N3O4S. The molecule has 0 bridgehead atoms. The van der Waals surface area contributed by atoms with Gasteiger partial charge in [-0.2, -0.15) is 0 Å². The van der Waals surface area contributed by atoms with Gasteiger partial charge in [-0.3, -0.25) is 9.78 Å². The molecule has 132 valence electrons. The molecule has 1 saturated heterocycles. The first-order valence-electron chi connectivity index (χ1n) is 7.92. The predicted molar refractivity (Wildman–Crippen MR) is 91.2 cm³/mol. The van der Waals surface area contributed by atoms with Crippen LogP contribution in [0.5, 0.6) is 0 Å². The second-order valence-corrected chi connectivity index (χ2v) is 7.67. The number of aromatic nitrogens is 1. The molecule has 0 radical (unpaired) electrons.